The number of likely N-dealkylation sites (tertiary alicyclic amines) is 1. The molecule has 116 valence electrons. The second-order valence-corrected chi connectivity index (χ2v) is 5.83. The first-order valence-electron chi connectivity index (χ1n) is 7.05. The van der Waals surface area contributed by atoms with Crippen LogP contribution in [-0.4, -0.2) is 46.8 Å². The summed E-state index contributed by atoms with van der Waals surface area (Å²) < 4.78 is 5.22. The van der Waals surface area contributed by atoms with E-state index in [1.54, 1.807) is 7.11 Å². The van der Waals surface area contributed by atoms with Gasteiger partial charge in [0.05, 0.1) is 18.3 Å². The van der Waals surface area contributed by atoms with Crippen LogP contribution in [0, 0.1) is 0 Å². The van der Waals surface area contributed by atoms with Crippen molar-refractivity contribution in [1.82, 2.24) is 4.90 Å². The van der Waals surface area contributed by atoms with Crippen molar-refractivity contribution in [1.29, 1.82) is 0 Å². The Hall–Kier alpha value is -1.79. The SMILES string of the molecule is COc1ccc(CN2CCCC(C)(O)C2)cc1/C(N)=N/O. The first-order valence-corrected chi connectivity index (χ1v) is 7.05. The molecule has 0 aliphatic carbocycles. The molecule has 21 heavy (non-hydrogen) atoms. The zero-order valence-electron chi connectivity index (χ0n) is 12.5. The van der Waals surface area contributed by atoms with E-state index in [1.807, 2.05) is 25.1 Å². The zero-order chi connectivity index (χ0) is 15.5. The minimum Gasteiger partial charge on any atom is -0.496 e. The van der Waals surface area contributed by atoms with Crippen LogP contribution in [0.1, 0.15) is 30.9 Å². The summed E-state index contributed by atoms with van der Waals surface area (Å²) in [5.41, 5.74) is 6.66. The average Bonchev–Trinajstić information content (AvgIpc) is 2.45. The van der Waals surface area contributed by atoms with Gasteiger partial charge >= 0.3 is 0 Å². The largest absolute Gasteiger partial charge is 0.496 e. The Labute approximate surface area is 124 Å². The predicted molar refractivity (Wildman–Crippen MR) is 80.6 cm³/mol. The predicted octanol–water partition coefficient (Wildman–Crippen LogP) is 1.14. The van der Waals surface area contributed by atoms with E-state index in [4.69, 9.17) is 15.7 Å². The number of nitrogens with two attached hydrogens (primary N) is 1. The molecule has 1 saturated heterocycles. The number of benzene rings is 1. The van der Waals surface area contributed by atoms with Gasteiger partial charge in [-0.05, 0) is 44.0 Å². The molecule has 6 heteroatoms. The van der Waals surface area contributed by atoms with Gasteiger partial charge in [-0.15, -0.1) is 0 Å². The van der Waals surface area contributed by atoms with Crippen molar-refractivity contribution in [2.24, 2.45) is 10.9 Å². The summed E-state index contributed by atoms with van der Waals surface area (Å²) in [7, 11) is 1.55. The van der Waals surface area contributed by atoms with Gasteiger partial charge in [-0.1, -0.05) is 11.2 Å². The van der Waals surface area contributed by atoms with Crippen LogP contribution in [0.4, 0.5) is 0 Å². The number of oxime groups is 1. The van der Waals surface area contributed by atoms with Gasteiger partial charge in [0, 0.05) is 13.1 Å². The van der Waals surface area contributed by atoms with Gasteiger partial charge in [0.2, 0.25) is 0 Å². The van der Waals surface area contributed by atoms with Crippen molar-refractivity contribution in [3.63, 3.8) is 0 Å². The second kappa shape index (κ2) is 6.32. The van der Waals surface area contributed by atoms with Crippen LogP contribution in [0.25, 0.3) is 0 Å². The molecule has 1 aromatic carbocycles. The van der Waals surface area contributed by atoms with Gasteiger partial charge in [-0.25, -0.2) is 0 Å². The summed E-state index contributed by atoms with van der Waals surface area (Å²) in [6, 6.07) is 5.62. The maximum Gasteiger partial charge on any atom is 0.173 e. The van der Waals surface area contributed by atoms with Crippen molar-refractivity contribution in [2.45, 2.75) is 31.9 Å². The van der Waals surface area contributed by atoms with E-state index < -0.39 is 5.60 Å². The zero-order valence-corrected chi connectivity index (χ0v) is 12.5. The van der Waals surface area contributed by atoms with E-state index >= 15 is 0 Å². The number of methoxy groups -OCH3 is 1. The first-order chi connectivity index (χ1) is 9.95. The Morgan fingerprint density at radius 3 is 2.90 bits per heavy atom. The van der Waals surface area contributed by atoms with Gasteiger partial charge in [0.1, 0.15) is 5.75 Å². The summed E-state index contributed by atoms with van der Waals surface area (Å²) in [4.78, 5) is 2.21. The lowest BCUT2D eigenvalue weighted by molar-refractivity contribution is -0.0181. The third-order valence-corrected chi connectivity index (χ3v) is 3.81. The number of amidine groups is 1. The van der Waals surface area contributed by atoms with E-state index in [0.717, 1.165) is 24.9 Å². The van der Waals surface area contributed by atoms with Crippen LogP contribution in [-0.2, 0) is 6.54 Å². The van der Waals surface area contributed by atoms with Gasteiger partial charge in [-0.3, -0.25) is 4.90 Å². The fourth-order valence-electron chi connectivity index (χ4n) is 2.82. The number of ether oxygens (including phenoxy) is 1. The molecule has 1 aliphatic rings. The molecule has 0 aromatic heterocycles. The average molecular weight is 293 g/mol. The number of β-amino-alcohol motifs (C(OH)–C–C–N with tert-alkyl or cyclic N) is 1. The molecule has 1 atom stereocenters. The lowest BCUT2D eigenvalue weighted by atomic mass is 9.94. The molecule has 0 saturated carbocycles. The van der Waals surface area contributed by atoms with Crippen molar-refractivity contribution in [3.05, 3.63) is 29.3 Å². The second-order valence-electron chi connectivity index (χ2n) is 5.83. The molecule has 0 bridgehead atoms. The molecule has 2 rings (SSSR count). The van der Waals surface area contributed by atoms with Gasteiger partial charge < -0.3 is 20.8 Å². The van der Waals surface area contributed by atoms with E-state index in [2.05, 4.69) is 10.1 Å². The molecule has 0 amide bonds. The van der Waals surface area contributed by atoms with E-state index in [0.29, 0.717) is 24.4 Å². The Bertz CT molecular complexity index is 529. The molecule has 1 fully saturated rings. The van der Waals surface area contributed by atoms with E-state index in [1.165, 1.54) is 0 Å². The summed E-state index contributed by atoms with van der Waals surface area (Å²) in [6.07, 6.45) is 1.82. The molecular weight excluding hydrogens is 270 g/mol. The summed E-state index contributed by atoms with van der Waals surface area (Å²) >= 11 is 0. The Balaban J connectivity index is 2.17. The van der Waals surface area contributed by atoms with Crippen LogP contribution in [0.2, 0.25) is 0 Å². The third kappa shape index (κ3) is 3.86. The standard InChI is InChI=1S/C15H23N3O3/c1-15(19)6-3-7-18(10-15)9-11-4-5-13(21-2)12(8-11)14(16)17-20/h4-5,8,19-20H,3,6-7,9-10H2,1-2H3,(H2,16,17). The molecule has 0 radical (unpaired) electrons. The molecule has 1 unspecified atom stereocenters. The molecular formula is C15H23N3O3. The fraction of sp³-hybridized carbons (Fsp3) is 0.533. The van der Waals surface area contributed by atoms with Gasteiger partial charge in [0.15, 0.2) is 5.84 Å². The quantitative estimate of drug-likeness (QED) is 0.335. The van der Waals surface area contributed by atoms with Gasteiger partial charge in [-0.2, -0.15) is 0 Å². The van der Waals surface area contributed by atoms with Crippen LogP contribution in [0.3, 0.4) is 0 Å². The lowest BCUT2D eigenvalue weighted by Crippen LogP contribution is -2.45. The number of aliphatic hydroxyl groups is 1. The van der Waals surface area contributed by atoms with Crippen molar-refractivity contribution in [2.75, 3.05) is 20.2 Å². The number of hydrogen-bond donors (Lipinski definition) is 3. The third-order valence-electron chi connectivity index (χ3n) is 3.81. The van der Waals surface area contributed by atoms with E-state index in [-0.39, 0.29) is 5.84 Å². The highest BCUT2D eigenvalue weighted by molar-refractivity contribution is 5.99. The van der Waals surface area contributed by atoms with E-state index in [9.17, 15) is 5.11 Å². The number of piperidine rings is 1. The van der Waals surface area contributed by atoms with Gasteiger partial charge in [0.25, 0.3) is 0 Å². The maximum atomic E-state index is 10.2. The normalized spacial score (nSPS) is 24.0. The number of rotatable bonds is 4. The minimum absolute atomic E-state index is 0.0272. The van der Waals surface area contributed by atoms with Crippen molar-refractivity contribution in [3.8, 4) is 5.75 Å². The molecule has 6 nitrogen and oxygen atoms in total. The summed E-state index contributed by atoms with van der Waals surface area (Å²) in [6.45, 7) is 4.19. The first kappa shape index (κ1) is 15.6. The lowest BCUT2D eigenvalue weighted by Gasteiger charge is -2.36. The number of hydrogen-bond acceptors (Lipinski definition) is 5. The molecule has 1 heterocycles. The number of nitrogens with zero attached hydrogens (tertiary/aromatic N) is 2. The summed E-state index contributed by atoms with van der Waals surface area (Å²) in [5.74, 6) is 0.596. The molecule has 1 aromatic rings. The van der Waals surface area contributed by atoms with Crippen molar-refractivity contribution < 1.29 is 15.1 Å². The van der Waals surface area contributed by atoms with Crippen LogP contribution in [0.15, 0.2) is 23.4 Å². The highest BCUT2D eigenvalue weighted by Crippen LogP contribution is 2.24. The Morgan fingerprint density at radius 1 is 1.52 bits per heavy atom. The molecule has 0 spiro atoms. The van der Waals surface area contributed by atoms with Crippen molar-refractivity contribution >= 4 is 5.84 Å². The highest BCUT2D eigenvalue weighted by atomic mass is 16.5. The molecule has 4 N–H and O–H groups in total. The monoisotopic (exact) mass is 293 g/mol. The smallest absolute Gasteiger partial charge is 0.173 e. The summed E-state index contributed by atoms with van der Waals surface area (Å²) in [5, 5.41) is 22.0. The topological polar surface area (TPSA) is 91.3 Å². The minimum atomic E-state index is -0.626. The highest BCUT2D eigenvalue weighted by Gasteiger charge is 2.28. The van der Waals surface area contributed by atoms with Crippen LogP contribution in [0.5, 0.6) is 5.75 Å². The Kier molecular flexibility index (Phi) is 4.69. The maximum absolute atomic E-state index is 10.2. The Morgan fingerprint density at radius 2 is 2.29 bits per heavy atom. The molecule has 1 aliphatic heterocycles. The fourth-order valence-corrected chi connectivity index (χ4v) is 2.82. The van der Waals surface area contributed by atoms with Crippen LogP contribution >= 0.6 is 0 Å². The van der Waals surface area contributed by atoms with Crippen LogP contribution < -0.4 is 10.5 Å².